The van der Waals surface area contributed by atoms with Gasteiger partial charge in [-0.15, -0.1) is 0 Å². The minimum absolute atomic E-state index is 0.456. The van der Waals surface area contributed by atoms with Crippen LogP contribution in [-0.2, 0) is 13.2 Å². The third kappa shape index (κ3) is 3.69. The minimum atomic E-state index is 0.456. The van der Waals surface area contributed by atoms with E-state index in [9.17, 15) is 0 Å². The van der Waals surface area contributed by atoms with Crippen molar-refractivity contribution in [3.8, 4) is 11.6 Å². The summed E-state index contributed by atoms with van der Waals surface area (Å²) in [5, 5.41) is 0. The van der Waals surface area contributed by atoms with Crippen LogP contribution >= 0.6 is 0 Å². The van der Waals surface area contributed by atoms with Crippen LogP contribution in [0.2, 0.25) is 0 Å². The molecule has 0 bridgehead atoms. The number of rotatable bonds is 5. The third-order valence-electron chi connectivity index (χ3n) is 2.75. The highest BCUT2D eigenvalue weighted by molar-refractivity contribution is 5.29. The van der Waals surface area contributed by atoms with Crippen LogP contribution in [0.5, 0.6) is 11.6 Å². The van der Waals surface area contributed by atoms with Gasteiger partial charge in [0.25, 0.3) is 0 Å². The summed E-state index contributed by atoms with van der Waals surface area (Å²) in [5.74, 6) is 1.42. The second kappa shape index (κ2) is 6.20. The Morgan fingerprint density at radius 3 is 2.74 bits per heavy atom. The third-order valence-corrected chi connectivity index (χ3v) is 2.75. The van der Waals surface area contributed by atoms with Gasteiger partial charge in [0.1, 0.15) is 12.4 Å². The first-order chi connectivity index (χ1) is 9.21. The second-order valence-corrected chi connectivity index (χ2v) is 4.30. The van der Waals surface area contributed by atoms with E-state index in [1.165, 1.54) is 0 Å². The lowest BCUT2D eigenvalue weighted by Gasteiger charge is -2.09. The zero-order valence-electron chi connectivity index (χ0n) is 11.2. The molecule has 1 aromatic carbocycles. The molecule has 0 amide bonds. The van der Waals surface area contributed by atoms with Gasteiger partial charge in [-0.05, 0) is 36.2 Å². The lowest BCUT2D eigenvalue weighted by Crippen LogP contribution is -2.02. The number of benzene rings is 1. The summed E-state index contributed by atoms with van der Waals surface area (Å²) in [7, 11) is 1.65. The van der Waals surface area contributed by atoms with Crippen molar-refractivity contribution in [3.63, 3.8) is 0 Å². The molecule has 0 saturated heterocycles. The number of nitrogens with zero attached hydrogens (tertiary/aromatic N) is 1. The molecule has 0 fully saturated rings. The van der Waals surface area contributed by atoms with Crippen molar-refractivity contribution in [2.75, 3.05) is 7.11 Å². The van der Waals surface area contributed by atoms with Crippen LogP contribution in [0.4, 0.5) is 0 Å². The van der Waals surface area contributed by atoms with E-state index in [2.05, 4.69) is 4.98 Å². The molecule has 100 valence electrons. The standard InChI is InChI=1S/C15H18N2O2/c1-11-6-13(9-16)8-15(17-11)19-10-12-4-3-5-14(7-12)18-2/h3-8H,9-10,16H2,1-2H3. The molecule has 0 aliphatic carbocycles. The number of aryl methyl sites for hydroxylation is 1. The van der Waals surface area contributed by atoms with Gasteiger partial charge in [0.05, 0.1) is 7.11 Å². The average Bonchev–Trinajstić information content (AvgIpc) is 2.44. The van der Waals surface area contributed by atoms with E-state index in [0.717, 1.165) is 22.6 Å². The topological polar surface area (TPSA) is 57.4 Å². The van der Waals surface area contributed by atoms with Gasteiger partial charge >= 0.3 is 0 Å². The molecular weight excluding hydrogens is 240 g/mol. The smallest absolute Gasteiger partial charge is 0.214 e. The van der Waals surface area contributed by atoms with Gasteiger partial charge in [0, 0.05) is 18.3 Å². The second-order valence-electron chi connectivity index (χ2n) is 4.30. The maximum atomic E-state index is 5.69. The first kappa shape index (κ1) is 13.4. The first-order valence-corrected chi connectivity index (χ1v) is 6.14. The highest BCUT2D eigenvalue weighted by atomic mass is 16.5. The zero-order chi connectivity index (χ0) is 13.7. The Bertz CT molecular complexity index is 556. The van der Waals surface area contributed by atoms with Crippen LogP contribution < -0.4 is 15.2 Å². The van der Waals surface area contributed by atoms with Crippen molar-refractivity contribution in [3.05, 3.63) is 53.2 Å². The van der Waals surface area contributed by atoms with Crippen molar-refractivity contribution < 1.29 is 9.47 Å². The highest BCUT2D eigenvalue weighted by Crippen LogP contribution is 2.16. The van der Waals surface area contributed by atoms with Gasteiger partial charge in [-0.1, -0.05) is 12.1 Å². The summed E-state index contributed by atoms with van der Waals surface area (Å²) in [6, 6.07) is 11.6. The van der Waals surface area contributed by atoms with Crippen LogP contribution in [0.1, 0.15) is 16.8 Å². The molecule has 4 nitrogen and oxygen atoms in total. The van der Waals surface area contributed by atoms with Crippen LogP contribution in [0, 0.1) is 6.92 Å². The first-order valence-electron chi connectivity index (χ1n) is 6.14. The largest absolute Gasteiger partial charge is 0.497 e. The van der Waals surface area contributed by atoms with Gasteiger partial charge in [0.2, 0.25) is 5.88 Å². The molecule has 0 aliphatic rings. The Kier molecular flexibility index (Phi) is 4.36. The predicted octanol–water partition coefficient (Wildman–Crippen LogP) is 2.44. The molecule has 0 saturated carbocycles. The van der Waals surface area contributed by atoms with Crippen molar-refractivity contribution in [1.82, 2.24) is 4.98 Å². The van der Waals surface area contributed by atoms with Crippen LogP contribution in [0.25, 0.3) is 0 Å². The number of aromatic nitrogens is 1. The molecule has 0 unspecified atom stereocenters. The van der Waals surface area contributed by atoms with Crippen molar-refractivity contribution in [1.29, 1.82) is 0 Å². The number of ether oxygens (including phenoxy) is 2. The van der Waals surface area contributed by atoms with E-state index in [1.807, 2.05) is 43.3 Å². The van der Waals surface area contributed by atoms with E-state index in [0.29, 0.717) is 19.0 Å². The van der Waals surface area contributed by atoms with Gasteiger partial charge in [-0.3, -0.25) is 0 Å². The molecule has 1 aromatic heterocycles. The summed E-state index contributed by atoms with van der Waals surface area (Å²) >= 11 is 0. The number of hydrogen-bond acceptors (Lipinski definition) is 4. The Labute approximate surface area is 113 Å². The highest BCUT2D eigenvalue weighted by Gasteiger charge is 2.02. The van der Waals surface area contributed by atoms with E-state index in [4.69, 9.17) is 15.2 Å². The summed E-state index contributed by atoms with van der Waals surface area (Å²) in [5.41, 5.74) is 8.60. The molecule has 19 heavy (non-hydrogen) atoms. The fourth-order valence-corrected chi connectivity index (χ4v) is 1.82. The molecule has 0 spiro atoms. The van der Waals surface area contributed by atoms with Crippen molar-refractivity contribution in [2.24, 2.45) is 5.73 Å². The van der Waals surface area contributed by atoms with Crippen LogP contribution in [0.3, 0.4) is 0 Å². The number of nitrogens with two attached hydrogens (primary N) is 1. The number of methoxy groups -OCH3 is 1. The fourth-order valence-electron chi connectivity index (χ4n) is 1.82. The Morgan fingerprint density at radius 2 is 2.00 bits per heavy atom. The predicted molar refractivity (Wildman–Crippen MR) is 74.2 cm³/mol. The molecule has 1 heterocycles. The Morgan fingerprint density at radius 1 is 1.16 bits per heavy atom. The molecule has 2 N–H and O–H groups in total. The van der Waals surface area contributed by atoms with Crippen LogP contribution in [0.15, 0.2) is 36.4 Å². The average molecular weight is 258 g/mol. The lowest BCUT2D eigenvalue weighted by atomic mass is 10.2. The molecule has 0 radical (unpaired) electrons. The SMILES string of the molecule is COc1cccc(COc2cc(CN)cc(C)n2)c1. The summed E-state index contributed by atoms with van der Waals surface area (Å²) in [6.07, 6.45) is 0. The van der Waals surface area contributed by atoms with Gasteiger partial charge in [-0.25, -0.2) is 4.98 Å². The van der Waals surface area contributed by atoms with E-state index in [1.54, 1.807) is 7.11 Å². The van der Waals surface area contributed by atoms with Gasteiger partial charge in [0.15, 0.2) is 0 Å². The van der Waals surface area contributed by atoms with E-state index >= 15 is 0 Å². The summed E-state index contributed by atoms with van der Waals surface area (Å²) in [4.78, 5) is 4.33. The molecule has 4 heteroatoms. The van der Waals surface area contributed by atoms with Crippen LogP contribution in [-0.4, -0.2) is 12.1 Å². The molecule has 0 aliphatic heterocycles. The normalized spacial score (nSPS) is 10.3. The minimum Gasteiger partial charge on any atom is -0.497 e. The fraction of sp³-hybridized carbons (Fsp3) is 0.267. The van der Waals surface area contributed by atoms with Gasteiger partial charge < -0.3 is 15.2 Å². The molecule has 2 aromatic rings. The van der Waals surface area contributed by atoms with E-state index < -0.39 is 0 Å². The zero-order valence-corrected chi connectivity index (χ0v) is 11.2. The number of pyridine rings is 1. The molecule has 0 atom stereocenters. The number of hydrogen-bond donors (Lipinski definition) is 1. The monoisotopic (exact) mass is 258 g/mol. The van der Waals surface area contributed by atoms with Gasteiger partial charge in [-0.2, -0.15) is 0 Å². The summed E-state index contributed by atoms with van der Waals surface area (Å²) in [6.45, 7) is 2.87. The Balaban J connectivity index is 2.07. The van der Waals surface area contributed by atoms with Crippen molar-refractivity contribution >= 4 is 0 Å². The quantitative estimate of drug-likeness (QED) is 0.895. The summed E-state index contributed by atoms with van der Waals surface area (Å²) < 4.78 is 10.9. The molecule has 2 rings (SSSR count). The maximum absolute atomic E-state index is 5.69. The Hall–Kier alpha value is -2.07. The van der Waals surface area contributed by atoms with Crippen molar-refractivity contribution in [2.45, 2.75) is 20.1 Å². The van der Waals surface area contributed by atoms with E-state index in [-0.39, 0.29) is 0 Å². The molecular formula is C15H18N2O2. The lowest BCUT2D eigenvalue weighted by molar-refractivity contribution is 0.292. The maximum Gasteiger partial charge on any atom is 0.214 e.